The van der Waals surface area contributed by atoms with E-state index in [-0.39, 0.29) is 51.5 Å². The van der Waals surface area contributed by atoms with Crippen LogP contribution in [-0.2, 0) is 25.5 Å². The van der Waals surface area contributed by atoms with Crippen molar-refractivity contribution in [1.82, 2.24) is 20.3 Å². The molecule has 17 heteroatoms. The van der Waals surface area contributed by atoms with E-state index in [0.717, 1.165) is 44.9 Å². The average molecular weight is 877 g/mol. The van der Waals surface area contributed by atoms with Gasteiger partial charge in [0.2, 0.25) is 5.91 Å². The summed E-state index contributed by atoms with van der Waals surface area (Å²) in [6.45, 7) is 14.8. The Morgan fingerprint density at radius 1 is 0.806 bits per heavy atom. The Labute approximate surface area is 363 Å². The molecule has 0 radical (unpaired) electrons. The number of ether oxygens (including phenoxy) is 3. The molecule has 6 fully saturated rings. The van der Waals surface area contributed by atoms with Crippen LogP contribution in [0, 0.1) is 50.2 Å². The van der Waals surface area contributed by atoms with Gasteiger partial charge in [0, 0.05) is 0 Å². The lowest BCUT2D eigenvalue weighted by molar-refractivity contribution is -0.347. The number of aromatic nitrogens is 3. The minimum Gasteiger partial charge on any atom is -0.394 e. The highest BCUT2D eigenvalue weighted by molar-refractivity contribution is 5.85. The van der Waals surface area contributed by atoms with Crippen molar-refractivity contribution >= 4 is 5.91 Å². The number of hydrogen-bond acceptors (Lipinski definition) is 15. The van der Waals surface area contributed by atoms with Crippen LogP contribution in [0.3, 0.4) is 0 Å². The van der Waals surface area contributed by atoms with Crippen molar-refractivity contribution < 1.29 is 65.0 Å². The number of nitrogens with one attached hydrogen (secondary N) is 1. The first kappa shape index (κ1) is 46.4. The molecule has 350 valence electrons. The topological polar surface area (TPSA) is 270 Å². The molecule has 1 aromatic heterocycles. The van der Waals surface area contributed by atoms with E-state index in [1.165, 1.54) is 16.5 Å². The predicted molar refractivity (Wildman–Crippen MR) is 220 cm³/mol. The average Bonchev–Trinajstić information content (AvgIpc) is 3.69. The van der Waals surface area contributed by atoms with Gasteiger partial charge in [0.25, 0.3) is 0 Å². The summed E-state index contributed by atoms with van der Waals surface area (Å²) in [6.07, 6.45) is -5.75. The molecular formula is C45H72N4O13. The number of aliphatic hydroxyl groups is 9. The number of amides is 1. The number of carbonyl (C=O) groups excluding carboxylic acids is 1. The van der Waals surface area contributed by atoms with Gasteiger partial charge in [0.05, 0.1) is 43.6 Å². The minimum atomic E-state index is -1.79. The third-order valence-corrected chi connectivity index (χ3v) is 18.3. The highest BCUT2D eigenvalue weighted by Gasteiger charge is 2.71. The second kappa shape index (κ2) is 16.0. The van der Waals surface area contributed by atoms with Gasteiger partial charge in [-0.3, -0.25) is 4.79 Å². The zero-order valence-corrected chi connectivity index (χ0v) is 37.3. The first-order valence-corrected chi connectivity index (χ1v) is 22.8. The number of aliphatic hydroxyl groups excluding tert-OH is 9. The van der Waals surface area contributed by atoms with E-state index in [9.17, 15) is 50.8 Å². The molecule has 17 nitrogen and oxygen atoms in total. The Bertz CT molecular complexity index is 1860. The van der Waals surface area contributed by atoms with Crippen LogP contribution in [0.1, 0.15) is 118 Å². The van der Waals surface area contributed by atoms with Gasteiger partial charge in [-0.2, -0.15) is 0 Å². The highest BCUT2D eigenvalue weighted by Crippen LogP contribution is 2.75. The molecule has 2 saturated heterocycles. The predicted octanol–water partition coefficient (Wildman–Crippen LogP) is 0.824. The monoisotopic (exact) mass is 877 g/mol. The maximum Gasteiger partial charge on any atom is 0.229 e. The van der Waals surface area contributed by atoms with Crippen LogP contribution in [-0.4, -0.2) is 147 Å². The smallest absolute Gasteiger partial charge is 0.229 e. The molecule has 7 aliphatic rings. The minimum absolute atomic E-state index is 0.0419. The second-order valence-corrected chi connectivity index (χ2v) is 22.3. The summed E-state index contributed by atoms with van der Waals surface area (Å²) in [7, 11) is 0. The molecule has 3 heterocycles. The Kier molecular flexibility index (Phi) is 12.0. The standard InChI is InChI=1S/C45H72N4O13/c1-40(2)14-15-45(24(16-40)23-8-9-28-42(5)12-11-29(52)41(3,4)27(42)10-13-43(28,6)44(23,7)17-30(45)53)39(59)46-18-22-19-49(48-47-22)37-34(57)33(56)36(26(21-51)60-37)62-38-35(58)32(55)31(54)25(20-50)61-38/h8,19,24-38,50-58H,9-18,20-21H2,1-7H3,(H,46,59)/t24?,25-,26-,27?,28?,29-,30+,31+,32+,33-,34-,35-,36-,37-,38+,42-,43+,44+,45+/m0/s1. The zero-order chi connectivity index (χ0) is 45.1. The maximum absolute atomic E-state index is 14.8. The van der Waals surface area contributed by atoms with Gasteiger partial charge in [0.1, 0.15) is 54.5 Å². The number of rotatable bonds is 8. The second-order valence-electron chi connectivity index (χ2n) is 22.3. The van der Waals surface area contributed by atoms with Gasteiger partial charge < -0.3 is 65.5 Å². The molecule has 5 aliphatic carbocycles. The van der Waals surface area contributed by atoms with Crippen LogP contribution in [0.2, 0.25) is 0 Å². The van der Waals surface area contributed by atoms with Crippen LogP contribution >= 0.6 is 0 Å². The number of allylic oxidation sites excluding steroid dienone is 2. The summed E-state index contributed by atoms with van der Waals surface area (Å²) >= 11 is 0. The van der Waals surface area contributed by atoms with Crippen molar-refractivity contribution in [2.24, 2.45) is 50.2 Å². The Balaban J connectivity index is 0.994. The number of fused-ring (bicyclic) bond motifs is 7. The third kappa shape index (κ3) is 6.89. The molecule has 62 heavy (non-hydrogen) atoms. The zero-order valence-electron chi connectivity index (χ0n) is 37.3. The number of nitrogens with zero attached hydrogens (tertiary/aromatic N) is 3. The lowest BCUT2D eigenvalue weighted by atomic mass is 9.33. The van der Waals surface area contributed by atoms with Crippen molar-refractivity contribution in [3.05, 3.63) is 23.5 Å². The fourth-order valence-electron chi connectivity index (χ4n) is 14.4. The number of carbonyl (C=O) groups is 1. The fourth-order valence-corrected chi connectivity index (χ4v) is 14.4. The molecule has 0 spiro atoms. The molecule has 1 aromatic rings. The largest absolute Gasteiger partial charge is 0.394 e. The normalized spacial score (nSPS) is 49.7. The molecule has 10 N–H and O–H groups in total. The quantitative estimate of drug-likeness (QED) is 0.162. The molecule has 0 bridgehead atoms. The van der Waals surface area contributed by atoms with E-state index >= 15 is 0 Å². The Hall–Kier alpha value is -2.13. The summed E-state index contributed by atoms with van der Waals surface area (Å²) in [5.74, 6) is 0.352. The maximum atomic E-state index is 14.8. The summed E-state index contributed by atoms with van der Waals surface area (Å²) in [6, 6.07) is 0. The van der Waals surface area contributed by atoms with Gasteiger partial charge in [-0.25, -0.2) is 4.68 Å². The fraction of sp³-hybridized carbons (Fsp3) is 0.889. The van der Waals surface area contributed by atoms with Gasteiger partial charge in [0.15, 0.2) is 12.5 Å². The van der Waals surface area contributed by atoms with Gasteiger partial charge >= 0.3 is 0 Å². The molecule has 0 aromatic carbocycles. The van der Waals surface area contributed by atoms with E-state index in [0.29, 0.717) is 30.4 Å². The van der Waals surface area contributed by atoms with Crippen molar-refractivity contribution in [3.63, 3.8) is 0 Å². The first-order valence-electron chi connectivity index (χ1n) is 22.8. The lowest BCUT2D eigenvalue weighted by Crippen LogP contribution is -2.68. The van der Waals surface area contributed by atoms with Crippen molar-refractivity contribution in [2.75, 3.05) is 13.2 Å². The van der Waals surface area contributed by atoms with E-state index < -0.39 is 86.1 Å². The van der Waals surface area contributed by atoms with E-state index in [4.69, 9.17) is 14.2 Å². The van der Waals surface area contributed by atoms with Crippen LogP contribution < -0.4 is 5.32 Å². The van der Waals surface area contributed by atoms with Crippen LogP contribution in [0.5, 0.6) is 0 Å². The summed E-state index contributed by atoms with van der Waals surface area (Å²) in [5.41, 5.74) is -0.0486. The van der Waals surface area contributed by atoms with Gasteiger partial charge in [-0.05, 0) is 103 Å². The van der Waals surface area contributed by atoms with Crippen molar-refractivity contribution in [1.29, 1.82) is 0 Å². The molecule has 3 unspecified atom stereocenters. The molecule has 19 atom stereocenters. The van der Waals surface area contributed by atoms with E-state index in [1.54, 1.807) is 0 Å². The first-order chi connectivity index (χ1) is 29.0. The van der Waals surface area contributed by atoms with Crippen LogP contribution in [0.15, 0.2) is 17.8 Å². The van der Waals surface area contributed by atoms with Crippen LogP contribution in [0.4, 0.5) is 0 Å². The third-order valence-electron chi connectivity index (χ3n) is 18.3. The van der Waals surface area contributed by atoms with Crippen LogP contribution in [0.25, 0.3) is 0 Å². The van der Waals surface area contributed by atoms with Gasteiger partial charge in [-0.15, -0.1) is 5.10 Å². The molecule has 4 saturated carbocycles. The summed E-state index contributed by atoms with van der Waals surface area (Å²) < 4.78 is 18.2. The Morgan fingerprint density at radius 2 is 1.52 bits per heavy atom. The SMILES string of the molecule is CC1(C)CC[C@@]2(C(=O)NCc3cn([C@H]4O[C@@H](CO)[C@H](O[C@H]5O[C@@H](CO)[C@@H](O)[C@@H](O)[C@@H]5O)[C@@H](O)[C@@H]4O)nn3)C(C1)C1=CCC3[C@@]4(C)CC[C@H](O)C(C)(C)C4CC[C@@]3(C)[C@]1(C)C[C@H]2O. The van der Waals surface area contributed by atoms with Crippen molar-refractivity contribution in [3.8, 4) is 0 Å². The van der Waals surface area contributed by atoms with E-state index in [2.05, 4.69) is 70.2 Å². The molecule has 8 rings (SSSR count). The lowest BCUT2D eigenvalue weighted by Gasteiger charge is -2.71. The van der Waals surface area contributed by atoms with E-state index in [1.807, 2.05) is 0 Å². The molecule has 1 amide bonds. The summed E-state index contributed by atoms with van der Waals surface area (Å²) in [4.78, 5) is 14.8. The van der Waals surface area contributed by atoms with Gasteiger partial charge in [-0.1, -0.05) is 65.3 Å². The number of hydrogen-bond donors (Lipinski definition) is 10. The molecule has 2 aliphatic heterocycles. The Morgan fingerprint density at radius 3 is 2.21 bits per heavy atom. The molecular weight excluding hydrogens is 805 g/mol. The van der Waals surface area contributed by atoms with Crippen molar-refractivity contribution in [2.45, 2.75) is 186 Å². The summed E-state index contributed by atoms with van der Waals surface area (Å²) in [5, 5.41) is 108. The highest BCUT2D eigenvalue weighted by atomic mass is 16.7.